The molecule has 1 saturated carbocycles. The van der Waals surface area contributed by atoms with E-state index < -0.39 is 0 Å². The molecule has 0 aromatic heterocycles. The van der Waals surface area contributed by atoms with Gasteiger partial charge in [0.25, 0.3) is 0 Å². The Hall–Kier alpha value is -2.93. The van der Waals surface area contributed by atoms with E-state index in [0.717, 1.165) is 46.9 Å². The van der Waals surface area contributed by atoms with E-state index in [4.69, 9.17) is 0 Å². The normalized spacial score (nSPS) is 16.2. The lowest BCUT2D eigenvalue weighted by Gasteiger charge is -2.27. The predicted molar refractivity (Wildman–Crippen MR) is 211 cm³/mol. The highest BCUT2D eigenvalue weighted by molar-refractivity contribution is 5.76. The van der Waals surface area contributed by atoms with Crippen LogP contribution in [0.5, 0.6) is 0 Å². The van der Waals surface area contributed by atoms with Gasteiger partial charge in [-0.3, -0.25) is 0 Å². The largest absolute Gasteiger partial charge is 0.207 e. The second kappa shape index (κ2) is 25.2. The Labute approximate surface area is 286 Å². The van der Waals surface area contributed by atoms with Crippen LogP contribution in [0, 0.1) is 38.4 Å². The molecule has 0 nitrogen and oxygen atoms in total. The summed E-state index contributed by atoms with van der Waals surface area (Å²) in [6, 6.07) is 10.1. The molecule has 1 aliphatic carbocycles. The van der Waals surface area contributed by atoms with Crippen molar-refractivity contribution in [2.45, 2.75) is 142 Å². The van der Waals surface area contributed by atoms with Crippen molar-refractivity contribution in [3.05, 3.63) is 118 Å². The second-order valence-electron chi connectivity index (χ2n) is 12.0. The number of aryl methyl sites for hydroxylation is 3. The molecule has 2 aromatic rings. The molecule has 2 aromatic carbocycles. The summed E-state index contributed by atoms with van der Waals surface area (Å²) in [7, 11) is 0. The molecule has 1 fully saturated rings. The van der Waals surface area contributed by atoms with Gasteiger partial charge in [0.15, 0.2) is 0 Å². The molecule has 1 aliphatic rings. The van der Waals surface area contributed by atoms with Gasteiger partial charge in [0.2, 0.25) is 0 Å². The van der Waals surface area contributed by atoms with Crippen molar-refractivity contribution in [2.75, 3.05) is 0 Å². The maximum atomic E-state index is 13.9. The lowest BCUT2D eigenvalue weighted by atomic mass is 9.78. The summed E-state index contributed by atoms with van der Waals surface area (Å²) >= 11 is 0. The average Bonchev–Trinajstić information content (AvgIpc) is 3.06. The third-order valence-electron chi connectivity index (χ3n) is 8.56. The smallest absolute Gasteiger partial charge is 0.126 e. The average molecular weight is 631 g/mol. The fourth-order valence-corrected chi connectivity index (χ4v) is 5.79. The van der Waals surface area contributed by atoms with E-state index in [9.17, 15) is 4.39 Å². The van der Waals surface area contributed by atoms with Gasteiger partial charge in [-0.15, -0.1) is 0 Å². The van der Waals surface area contributed by atoms with Gasteiger partial charge in [0, 0.05) is 0 Å². The first-order chi connectivity index (χ1) is 21.9. The van der Waals surface area contributed by atoms with Crippen molar-refractivity contribution < 1.29 is 4.39 Å². The molecule has 0 aliphatic heterocycles. The van der Waals surface area contributed by atoms with E-state index in [1.165, 1.54) is 64.7 Å². The molecule has 0 unspecified atom stereocenters. The zero-order valence-electron chi connectivity index (χ0n) is 32.8. The lowest BCUT2D eigenvalue weighted by Crippen LogP contribution is -2.13. The van der Waals surface area contributed by atoms with Crippen LogP contribution in [0.1, 0.15) is 149 Å². The molecule has 0 amide bonds. The van der Waals surface area contributed by atoms with Crippen LogP contribution in [-0.2, 0) is 6.42 Å². The molecule has 1 heteroatoms. The van der Waals surface area contributed by atoms with Crippen LogP contribution >= 0.6 is 0 Å². The molecule has 0 bridgehead atoms. The van der Waals surface area contributed by atoms with Crippen LogP contribution < -0.4 is 0 Å². The summed E-state index contributed by atoms with van der Waals surface area (Å²) < 4.78 is 13.9. The molecule has 0 spiro atoms. The summed E-state index contributed by atoms with van der Waals surface area (Å²) in [4.78, 5) is 0. The fourth-order valence-electron chi connectivity index (χ4n) is 5.79. The number of allylic oxidation sites excluding steroid dienone is 8. The van der Waals surface area contributed by atoms with Crippen LogP contribution in [0.2, 0.25) is 0 Å². The maximum Gasteiger partial charge on any atom is 0.126 e. The van der Waals surface area contributed by atoms with Crippen molar-refractivity contribution in [3.63, 3.8) is 0 Å². The quantitative estimate of drug-likeness (QED) is 0.255. The highest BCUT2D eigenvalue weighted by atomic mass is 19.1. The van der Waals surface area contributed by atoms with Gasteiger partial charge in [-0.2, -0.15) is 0 Å². The van der Waals surface area contributed by atoms with E-state index >= 15 is 0 Å². The number of benzene rings is 2. The highest BCUT2D eigenvalue weighted by Crippen LogP contribution is 2.36. The molecule has 0 saturated heterocycles. The van der Waals surface area contributed by atoms with E-state index in [0.29, 0.717) is 0 Å². The van der Waals surface area contributed by atoms with E-state index in [-0.39, 0.29) is 5.82 Å². The Balaban J connectivity index is 0. The third-order valence-corrected chi connectivity index (χ3v) is 8.56. The van der Waals surface area contributed by atoms with Crippen molar-refractivity contribution in [1.29, 1.82) is 0 Å². The molecule has 0 heterocycles. The molecule has 46 heavy (non-hydrogen) atoms. The maximum absolute atomic E-state index is 13.9. The van der Waals surface area contributed by atoms with Crippen LogP contribution in [0.15, 0.2) is 78.4 Å². The van der Waals surface area contributed by atoms with Crippen molar-refractivity contribution >= 4 is 11.1 Å². The fraction of sp³-hybridized carbons (Fsp3) is 0.511. The topological polar surface area (TPSA) is 0 Å². The van der Waals surface area contributed by atoms with Crippen molar-refractivity contribution in [1.82, 2.24) is 0 Å². The standard InChI is InChI=1S/C22H31F.C17H22.3C2H6/c1-14-7-10-20(11-8-14)13-16(3)17(4)18(5)22-15(2)9-12-21(23)19(22)6;1-6-8-16(11-13(3)4)17-10-9-14(5)15(7-2)12-17;3*1-2/h9,12,14,20H,3,7-8,10-11,13H2,1-2,4-6H3;6,8-12H,3,7H2,1-2,4-5H3;3*1-2H3/b18-17+;8-6-,16-11+;;;. The first-order valence-electron chi connectivity index (χ1n) is 18.1. The molecule has 0 radical (unpaired) electrons. The molecule has 0 atom stereocenters. The molecule has 3 rings (SSSR count). The van der Waals surface area contributed by atoms with Gasteiger partial charge in [-0.1, -0.05) is 135 Å². The second-order valence-corrected chi connectivity index (χ2v) is 12.0. The van der Waals surface area contributed by atoms with E-state index in [2.05, 4.69) is 91.1 Å². The SMILES string of the molecule is C=C(C)/C=C(\C=C/C)c1ccc(C)c(CC)c1.C=C(CC1CCC(C)CC1)/C(C)=C(\C)c1c(C)ccc(F)c1C.CC.CC.CC. The van der Waals surface area contributed by atoms with Gasteiger partial charge in [-0.05, 0) is 142 Å². The van der Waals surface area contributed by atoms with Gasteiger partial charge in [-0.25, -0.2) is 4.39 Å². The molecular formula is C45H71F. The number of hydrogen-bond acceptors (Lipinski definition) is 0. The van der Waals surface area contributed by atoms with E-state index in [1.54, 1.807) is 6.07 Å². The third kappa shape index (κ3) is 15.1. The predicted octanol–water partition coefficient (Wildman–Crippen LogP) is 15.2. The van der Waals surface area contributed by atoms with Crippen molar-refractivity contribution in [3.8, 4) is 0 Å². The lowest BCUT2D eigenvalue weighted by molar-refractivity contribution is 0.289. The van der Waals surface area contributed by atoms with Crippen LogP contribution in [0.3, 0.4) is 0 Å². The summed E-state index contributed by atoms with van der Waals surface area (Å²) in [6.45, 7) is 39.3. The first kappa shape index (κ1) is 45.2. The van der Waals surface area contributed by atoms with Crippen molar-refractivity contribution in [2.24, 2.45) is 11.8 Å². The highest BCUT2D eigenvalue weighted by Gasteiger charge is 2.20. The van der Waals surface area contributed by atoms with Crippen LogP contribution in [0.25, 0.3) is 11.1 Å². The first-order valence-corrected chi connectivity index (χ1v) is 18.1. The molecule has 0 N–H and O–H groups in total. The van der Waals surface area contributed by atoms with Crippen LogP contribution in [0.4, 0.5) is 4.39 Å². The Kier molecular flexibility index (Phi) is 24.8. The molecular weight excluding hydrogens is 559 g/mol. The zero-order chi connectivity index (χ0) is 36.0. The van der Waals surface area contributed by atoms with Crippen LogP contribution in [-0.4, -0.2) is 0 Å². The summed E-state index contributed by atoms with van der Waals surface area (Å²) in [6.07, 6.45) is 13.8. The summed E-state index contributed by atoms with van der Waals surface area (Å²) in [5, 5.41) is 0. The molecule has 258 valence electrons. The van der Waals surface area contributed by atoms with E-state index in [1.807, 2.05) is 68.4 Å². The monoisotopic (exact) mass is 631 g/mol. The minimum atomic E-state index is -0.121. The Morgan fingerprint density at radius 2 is 1.39 bits per heavy atom. The zero-order valence-corrected chi connectivity index (χ0v) is 32.8. The van der Waals surface area contributed by atoms with Gasteiger partial charge in [0.1, 0.15) is 5.82 Å². The Morgan fingerprint density at radius 3 is 1.89 bits per heavy atom. The Bertz CT molecular complexity index is 1270. The Morgan fingerprint density at radius 1 is 0.848 bits per heavy atom. The van der Waals surface area contributed by atoms with Gasteiger partial charge in [0.05, 0.1) is 0 Å². The van der Waals surface area contributed by atoms with Gasteiger partial charge >= 0.3 is 0 Å². The minimum absolute atomic E-state index is 0.121. The summed E-state index contributed by atoms with van der Waals surface area (Å²) in [5.41, 5.74) is 13.0. The number of rotatable bonds is 8. The van der Waals surface area contributed by atoms with Gasteiger partial charge < -0.3 is 0 Å². The minimum Gasteiger partial charge on any atom is -0.207 e. The number of hydrogen-bond donors (Lipinski definition) is 0. The number of halogens is 1. The summed E-state index contributed by atoms with van der Waals surface area (Å²) in [5.74, 6) is 1.54.